The van der Waals surface area contributed by atoms with E-state index in [2.05, 4.69) is 16.6 Å². The minimum absolute atomic E-state index is 0.100. The molecule has 1 aromatic carbocycles. The van der Waals surface area contributed by atoms with Crippen LogP contribution in [0.25, 0.3) is 0 Å². The van der Waals surface area contributed by atoms with Crippen molar-refractivity contribution in [1.29, 1.82) is 0 Å². The van der Waals surface area contributed by atoms with E-state index >= 15 is 0 Å². The van der Waals surface area contributed by atoms with E-state index in [4.69, 9.17) is 0 Å². The van der Waals surface area contributed by atoms with Crippen molar-refractivity contribution in [3.05, 3.63) is 35.4 Å². The average molecular weight is 284 g/mol. The Labute approximate surface area is 113 Å². The molecule has 0 unspecified atom stereocenters. The van der Waals surface area contributed by atoms with Crippen LogP contribution in [0.2, 0.25) is 0 Å². The molecular formula is C14H11F3O3. The maximum Gasteiger partial charge on any atom is 0.454 e. The normalized spacial score (nSPS) is 10.4. The van der Waals surface area contributed by atoms with Crippen molar-refractivity contribution in [2.75, 3.05) is 6.61 Å². The van der Waals surface area contributed by atoms with Crippen LogP contribution in [-0.2, 0) is 9.53 Å². The quantitative estimate of drug-likeness (QED) is 0.487. The lowest BCUT2D eigenvalue weighted by molar-refractivity contribution is -0.141. The molecule has 0 spiro atoms. The van der Waals surface area contributed by atoms with Gasteiger partial charge in [-0.2, -0.15) is 13.2 Å². The summed E-state index contributed by atoms with van der Waals surface area (Å²) in [4.78, 5) is 21.9. The lowest BCUT2D eigenvalue weighted by Crippen LogP contribution is -2.22. The minimum Gasteiger partial charge on any atom is -0.465 e. The maximum absolute atomic E-state index is 12.2. The second kappa shape index (κ2) is 6.75. The van der Waals surface area contributed by atoms with Gasteiger partial charge >= 0.3 is 12.1 Å². The molecule has 0 N–H and O–H groups in total. The van der Waals surface area contributed by atoms with E-state index in [-0.39, 0.29) is 13.0 Å². The number of halogens is 3. The molecule has 0 aromatic heterocycles. The van der Waals surface area contributed by atoms with E-state index in [9.17, 15) is 22.8 Å². The van der Waals surface area contributed by atoms with Crippen molar-refractivity contribution in [1.82, 2.24) is 0 Å². The molecule has 0 fully saturated rings. The fourth-order valence-corrected chi connectivity index (χ4v) is 1.30. The van der Waals surface area contributed by atoms with E-state index < -0.39 is 23.5 Å². The van der Waals surface area contributed by atoms with Gasteiger partial charge in [0.2, 0.25) is 0 Å². The third-order valence-corrected chi connectivity index (χ3v) is 2.18. The van der Waals surface area contributed by atoms with Crippen LogP contribution in [0.5, 0.6) is 0 Å². The van der Waals surface area contributed by atoms with E-state index in [1.807, 2.05) is 0 Å². The Balaban J connectivity index is 2.71. The van der Waals surface area contributed by atoms with Gasteiger partial charge in [-0.3, -0.25) is 9.59 Å². The van der Waals surface area contributed by atoms with Gasteiger partial charge in [-0.25, -0.2) is 0 Å². The molecule has 0 radical (unpaired) electrons. The molecule has 20 heavy (non-hydrogen) atoms. The van der Waals surface area contributed by atoms with Crippen molar-refractivity contribution in [3.63, 3.8) is 0 Å². The predicted molar refractivity (Wildman–Crippen MR) is 65.0 cm³/mol. The Bertz CT molecular complexity index is 548. The molecule has 0 atom stereocenters. The number of rotatable bonds is 3. The zero-order chi connectivity index (χ0) is 15.2. The van der Waals surface area contributed by atoms with E-state index in [0.29, 0.717) is 5.56 Å². The molecule has 6 heteroatoms. The number of ketones is 1. The SMILES string of the molecule is CCOC(=O)CC#Cc1ccc(C(=O)C(F)(F)F)cc1. The Morgan fingerprint density at radius 1 is 1.20 bits per heavy atom. The monoisotopic (exact) mass is 284 g/mol. The topological polar surface area (TPSA) is 43.4 Å². The summed E-state index contributed by atoms with van der Waals surface area (Å²) in [7, 11) is 0. The molecule has 0 saturated heterocycles. The number of hydrogen-bond acceptors (Lipinski definition) is 3. The molecular weight excluding hydrogens is 273 g/mol. The summed E-state index contributed by atoms with van der Waals surface area (Å²) in [6, 6.07) is 4.67. The summed E-state index contributed by atoms with van der Waals surface area (Å²) in [5.74, 6) is 2.76. The number of hydrogen-bond donors (Lipinski definition) is 0. The number of carbonyl (C=O) groups is 2. The van der Waals surface area contributed by atoms with Crippen LogP contribution in [0.3, 0.4) is 0 Å². The predicted octanol–water partition coefficient (Wildman–Crippen LogP) is 2.74. The van der Waals surface area contributed by atoms with Gasteiger partial charge in [0.25, 0.3) is 5.78 Å². The fraction of sp³-hybridized carbons (Fsp3) is 0.286. The fourth-order valence-electron chi connectivity index (χ4n) is 1.30. The van der Waals surface area contributed by atoms with E-state index in [1.165, 1.54) is 12.1 Å². The Kier molecular flexibility index (Phi) is 5.32. The van der Waals surface area contributed by atoms with Gasteiger partial charge in [0.05, 0.1) is 6.61 Å². The second-order valence-electron chi connectivity index (χ2n) is 3.69. The van der Waals surface area contributed by atoms with Gasteiger partial charge in [0.15, 0.2) is 0 Å². The van der Waals surface area contributed by atoms with Crippen LogP contribution in [-0.4, -0.2) is 24.5 Å². The highest BCUT2D eigenvalue weighted by Crippen LogP contribution is 2.21. The molecule has 0 aliphatic carbocycles. The summed E-state index contributed by atoms with van der Waals surface area (Å²) in [5.41, 5.74) is -0.0403. The number of esters is 1. The molecule has 0 amide bonds. The van der Waals surface area contributed by atoms with Crippen molar-refractivity contribution in [2.45, 2.75) is 19.5 Å². The number of benzene rings is 1. The van der Waals surface area contributed by atoms with Gasteiger partial charge in [0, 0.05) is 11.1 Å². The van der Waals surface area contributed by atoms with Crippen molar-refractivity contribution in [2.24, 2.45) is 0 Å². The van der Waals surface area contributed by atoms with Gasteiger partial charge in [-0.15, -0.1) is 0 Å². The van der Waals surface area contributed by atoms with Gasteiger partial charge < -0.3 is 4.74 Å². The Hall–Kier alpha value is -2.29. The zero-order valence-electron chi connectivity index (χ0n) is 10.6. The highest BCUT2D eigenvalue weighted by atomic mass is 19.4. The molecule has 0 heterocycles. The molecule has 106 valence electrons. The summed E-state index contributed by atoms with van der Waals surface area (Å²) in [6.45, 7) is 1.93. The number of alkyl halides is 3. The summed E-state index contributed by atoms with van der Waals surface area (Å²) in [6.07, 6.45) is -4.99. The summed E-state index contributed by atoms with van der Waals surface area (Å²) < 4.78 is 41.2. The van der Waals surface area contributed by atoms with Crippen molar-refractivity contribution < 1.29 is 27.5 Å². The molecule has 0 bridgehead atoms. The third-order valence-electron chi connectivity index (χ3n) is 2.18. The van der Waals surface area contributed by atoms with Crippen LogP contribution in [0.15, 0.2) is 24.3 Å². The van der Waals surface area contributed by atoms with Crippen molar-refractivity contribution >= 4 is 11.8 Å². The Morgan fingerprint density at radius 3 is 2.30 bits per heavy atom. The first-order chi connectivity index (χ1) is 9.34. The average Bonchev–Trinajstić information content (AvgIpc) is 2.38. The highest BCUT2D eigenvalue weighted by molar-refractivity contribution is 6.00. The van der Waals surface area contributed by atoms with Crippen LogP contribution >= 0.6 is 0 Å². The van der Waals surface area contributed by atoms with Crippen LogP contribution < -0.4 is 0 Å². The minimum atomic E-state index is -4.89. The number of ether oxygens (including phenoxy) is 1. The largest absolute Gasteiger partial charge is 0.465 e. The second-order valence-corrected chi connectivity index (χ2v) is 3.69. The summed E-state index contributed by atoms with van der Waals surface area (Å²) in [5, 5.41) is 0. The zero-order valence-corrected chi connectivity index (χ0v) is 10.6. The van der Waals surface area contributed by atoms with E-state index in [1.54, 1.807) is 6.92 Å². The first-order valence-electron chi connectivity index (χ1n) is 5.70. The van der Waals surface area contributed by atoms with Gasteiger partial charge in [0.1, 0.15) is 6.42 Å². The van der Waals surface area contributed by atoms with Crippen LogP contribution in [0.4, 0.5) is 13.2 Å². The van der Waals surface area contributed by atoms with Crippen LogP contribution in [0.1, 0.15) is 29.3 Å². The standard InChI is InChI=1S/C14H11F3O3/c1-2-20-12(18)5-3-4-10-6-8-11(9-7-10)13(19)14(15,16)17/h6-9H,2,5H2,1H3. The smallest absolute Gasteiger partial charge is 0.454 e. The maximum atomic E-state index is 12.2. The molecule has 0 aliphatic heterocycles. The highest BCUT2D eigenvalue weighted by Gasteiger charge is 2.39. The lowest BCUT2D eigenvalue weighted by Gasteiger charge is -2.04. The first-order valence-corrected chi connectivity index (χ1v) is 5.70. The molecule has 1 aromatic rings. The molecule has 1 rings (SSSR count). The van der Waals surface area contributed by atoms with Gasteiger partial charge in [-0.1, -0.05) is 11.8 Å². The first kappa shape index (κ1) is 15.8. The molecule has 0 saturated carbocycles. The van der Waals surface area contributed by atoms with Crippen molar-refractivity contribution in [3.8, 4) is 11.8 Å². The molecule has 0 aliphatic rings. The van der Waals surface area contributed by atoms with Crippen LogP contribution in [0, 0.1) is 11.8 Å². The summed E-state index contributed by atoms with van der Waals surface area (Å²) >= 11 is 0. The third kappa shape index (κ3) is 4.76. The van der Waals surface area contributed by atoms with Gasteiger partial charge in [-0.05, 0) is 31.2 Å². The molecule has 3 nitrogen and oxygen atoms in total. The number of Topliss-reactive ketones (excluding diaryl/α,β-unsaturated/α-hetero) is 1. The Morgan fingerprint density at radius 2 is 1.80 bits per heavy atom. The lowest BCUT2D eigenvalue weighted by atomic mass is 10.1. The number of carbonyl (C=O) groups excluding carboxylic acids is 2. The van der Waals surface area contributed by atoms with E-state index in [0.717, 1.165) is 12.1 Å².